The van der Waals surface area contributed by atoms with Gasteiger partial charge in [-0.1, -0.05) is 32.4 Å². The van der Waals surface area contributed by atoms with Crippen molar-refractivity contribution in [3.63, 3.8) is 0 Å². The lowest BCUT2D eigenvalue weighted by Gasteiger charge is -2.28. The summed E-state index contributed by atoms with van der Waals surface area (Å²) in [5, 5.41) is 2.46. The van der Waals surface area contributed by atoms with Crippen molar-refractivity contribution in [2.75, 3.05) is 7.11 Å². The number of allylic oxidation sites excluding steroid dienone is 1. The maximum absolute atomic E-state index is 12.1. The van der Waals surface area contributed by atoms with Crippen molar-refractivity contribution in [1.29, 1.82) is 0 Å². The summed E-state index contributed by atoms with van der Waals surface area (Å²) in [6, 6.07) is 0. The zero-order valence-electron chi connectivity index (χ0n) is 12.1. The number of methoxy groups -OCH3 is 1. The molecule has 1 atom stereocenters. The fraction of sp³-hybridized carbons (Fsp3) is 0.643. The maximum Gasteiger partial charge on any atom is 0.339 e. The molecule has 0 radical (unpaired) electrons. The number of amides is 1. The van der Waals surface area contributed by atoms with Gasteiger partial charge in [0.2, 0.25) is 11.4 Å². The molecule has 0 bridgehead atoms. The van der Waals surface area contributed by atoms with E-state index in [0.29, 0.717) is 0 Å². The number of hydrogen-bond donors (Lipinski definition) is 1. The first kappa shape index (κ1) is 17.4. The molecule has 0 aromatic heterocycles. The van der Waals surface area contributed by atoms with Crippen molar-refractivity contribution >= 4 is 17.7 Å². The van der Waals surface area contributed by atoms with E-state index in [9.17, 15) is 14.4 Å². The van der Waals surface area contributed by atoms with Gasteiger partial charge < -0.3 is 10.1 Å². The molecule has 1 N–H and O–H groups in total. The molecule has 0 saturated heterocycles. The zero-order chi connectivity index (χ0) is 14.9. The number of esters is 1. The molecule has 108 valence electrons. The van der Waals surface area contributed by atoms with Crippen LogP contribution < -0.4 is 5.32 Å². The van der Waals surface area contributed by atoms with Gasteiger partial charge in [0.1, 0.15) is 0 Å². The average Bonchev–Trinajstić information content (AvgIpc) is 2.39. The SMILES string of the molecule is CCC/C=C/CC(NC(C)=O)(C(=O)CC)C(=O)OC. The zero-order valence-corrected chi connectivity index (χ0v) is 12.1. The van der Waals surface area contributed by atoms with Crippen LogP contribution in [0, 0.1) is 0 Å². The van der Waals surface area contributed by atoms with Gasteiger partial charge in [-0.3, -0.25) is 9.59 Å². The minimum Gasteiger partial charge on any atom is -0.467 e. The molecular weight excluding hydrogens is 246 g/mol. The quantitative estimate of drug-likeness (QED) is 0.414. The van der Waals surface area contributed by atoms with E-state index >= 15 is 0 Å². The average molecular weight is 269 g/mol. The van der Waals surface area contributed by atoms with Gasteiger partial charge in [0.05, 0.1) is 7.11 Å². The number of Topliss-reactive ketones (excluding diaryl/α,β-unsaturated/α-hetero) is 1. The summed E-state index contributed by atoms with van der Waals surface area (Å²) < 4.78 is 4.69. The van der Waals surface area contributed by atoms with Crippen LogP contribution in [0.1, 0.15) is 46.5 Å². The van der Waals surface area contributed by atoms with Gasteiger partial charge in [-0.2, -0.15) is 0 Å². The van der Waals surface area contributed by atoms with E-state index in [1.54, 1.807) is 13.0 Å². The molecule has 0 spiro atoms. The number of rotatable bonds is 8. The molecule has 1 amide bonds. The van der Waals surface area contributed by atoms with Crippen LogP contribution >= 0.6 is 0 Å². The molecular formula is C14H23NO4. The van der Waals surface area contributed by atoms with E-state index in [2.05, 4.69) is 10.1 Å². The number of hydrogen-bond acceptors (Lipinski definition) is 4. The second kappa shape index (κ2) is 8.45. The monoisotopic (exact) mass is 269 g/mol. The second-order valence-electron chi connectivity index (χ2n) is 4.32. The third-order valence-electron chi connectivity index (χ3n) is 2.77. The summed E-state index contributed by atoms with van der Waals surface area (Å²) in [5.74, 6) is -1.51. The van der Waals surface area contributed by atoms with Gasteiger partial charge in [0.15, 0.2) is 5.78 Å². The molecule has 19 heavy (non-hydrogen) atoms. The standard InChI is InChI=1S/C14H23NO4/c1-5-7-8-9-10-14(12(17)6-2,13(18)19-4)15-11(3)16/h8-9H,5-7,10H2,1-4H3,(H,15,16)/b9-8+. The van der Waals surface area contributed by atoms with E-state index in [-0.39, 0.29) is 18.6 Å². The molecule has 0 rings (SSSR count). The van der Waals surface area contributed by atoms with Gasteiger partial charge in [-0.05, 0) is 6.42 Å². The first-order chi connectivity index (χ1) is 8.94. The number of carbonyl (C=O) groups excluding carboxylic acids is 3. The van der Waals surface area contributed by atoms with Crippen molar-refractivity contribution in [1.82, 2.24) is 5.32 Å². The first-order valence-corrected chi connectivity index (χ1v) is 6.50. The molecule has 0 aromatic rings. The highest BCUT2D eigenvalue weighted by atomic mass is 16.5. The lowest BCUT2D eigenvalue weighted by Crippen LogP contribution is -2.59. The Kier molecular flexibility index (Phi) is 7.72. The van der Waals surface area contributed by atoms with E-state index in [4.69, 9.17) is 0 Å². The number of unbranched alkanes of at least 4 members (excludes halogenated alkanes) is 1. The fourth-order valence-corrected chi connectivity index (χ4v) is 1.80. The molecule has 0 aliphatic carbocycles. The molecule has 0 fully saturated rings. The number of nitrogens with one attached hydrogen (secondary N) is 1. The van der Waals surface area contributed by atoms with Gasteiger partial charge in [-0.15, -0.1) is 0 Å². The Hall–Kier alpha value is -1.65. The van der Waals surface area contributed by atoms with Crippen LogP contribution in [0.2, 0.25) is 0 Å². The van der Waals surface area contributed by atoms with Crippen LogP contribution in [0.4, 0.5) is 0 Å². The minimum atomic E-state index is -1.60. The van der Waals surface area contributed by atoms with Crippen molar-refractivity contribution in [3.05, 3.63) is 12.2 Å². The van der Waals surface area contributed by atoms with Gasteiger partial charge in [0.25, 0.3) is 0 Å². The molecule has 5 nitrogen and oxygen atoms in total. The summed E-state index contributed by atoms with van der Waals surface area (Å²) in [6.07, 6.45) is 5.73. The molecule has 0 aliphatic rings. The molecule has 0 saturated carbocycles. The van der Waals surface area contributed by atoms with Crippen LogP contribution in [0.25, 0.3) is 0 Å². The Morgan fingerprint density at radius 2 is 1.84 bits per heavy atom. The predicted octanol–water partition coefficient (Wildman–Crippen LogP) is 1.76. The van der Waals surface area contributed by atoms with E-state index in [1.807, 2.05) is 13.0 Å². The Bertz CT molecular complexity index is 344. The van der Waals surface area contributed by atoms with E-state index < -0.39 is 17.4 Å². The van der Waals surface area contributed by atoms with Gasteiger partial charge >= 0.3 is 5.97 Å². The van der Waals surface area contributed by atoms with Crippen LogP contribution in [-0.2, 0) is 19.1 Å². The van der Waals surface area contributed by atoms with E-state index in [1.165, 1.54) is 14.0 Å². The van der Waals surface area contributed by atoms with Gasteiger partial charge in [0, 0.05) is 19.8 Å². The number of ether oxygens (including phenoxy) is 1. The maximum atomic E-state index is 12.1. The van der Waals surface area contributed by atoms with Crippen molar-refractivity contribution in [3.8, 4) is 0 Å². The summed E-state index contributed by atoms with van der Waals surface area (Å²) in [4.78, 5) is 35.3. The molecule has 0 heterocycles. The van der Waals surface area contributed by atoms with Crippen molar-refractivity contribution < 1.29 is 19.1 Å². The first-order valence-electron chi connectivity index (χ1n) is 6.50. The normalized spacial score (nSPS) is 13.9. The van der Waals surface area contributed by atoms with Crippen LogP contribution in [0.3, 0.4) is 0 Å². The van der Waals surface area contributed by atoms with Crippen LogP contribution in [0.5, 0.6) is 0 Å². The Morgan fingerprint density at radius 1 is 1.21 bits per heavy atom. The van der Waals surface area contributed by atoms with E-state index in [0.717, 1.165) is 12.8 Å². The lowest BCUT2D eigenvalue weighted by molar-refractivity contribution is -0.155. The largest absolute Gasteiger partial charge is 0.467 e. The summed E-state index contributed by atoms with van der Waals surface area (Å²) in [5.41, 5.74) is -1.60. The highest BCUT2D eigenvalue weighted by Crippen LogP contribution is 2.18. The predicted molar refractivity (Wildman–Crippen MR) is 72.5 cm³/mol. The van der Waals surface area contributed by atoms with Crippen LogP contribution in [0.15, 0.2) is 12.2 Å². The molecule has 1 unspecified atom stereocenters. The fourth-order valence-electron chi connectivity index (χ4n) is 1.80. The smallest absolute Gasteiger partial charge is 0.339 e. The highest BCUT2D eigenvalue weighted by molar-refractivity contribution is 6.10. The summed E-state index contributed by atoms with van der Waals surface area (Å²) in [6.45, 7) is 4.96. The third kappa shape index (κ3) is 4.85. The highest BCUT2D eigenvalue weighted by Gasteiger charge is 2.45. The van der Waals surface area contributed by atoms with Crippen molar-refractivity contribution in [2.24, 2.45) is 0 Å². The lowest BCUT2D eigenvalue weighted by atomic mass is 9.88. The Morgan fingerprint density at radius 3 is 2.26 bits per heavy atom. The van der Waals surface area contributed by atoms with Crippen LogP contribution in [-0.4, -0.2) is 30.3 Å². The summed E-state index contributed by atoms with van der Waals surface area (Å²) >= 11 is 0. The number of ketones is 1. The second-order valence-corrected chi connectivity index (χ2v) is 4.32. The Labute approximate surface area is 114 Å². The van der Waals surface area contributed by atoms with Crippen molar-refractivity contribution in [2.45, 2.75) is 52.0 Å². The number of carbonyl (C=O) groups is 3. The topological polar surface area (TPSA) is 72.5 Å². The molecule has 0 aliphatic heterocycles. The summed E-state index contributed by atoms with van der Waals surface area (Å²) in [7, 11) is 1.21. The molecule has 0 aromatic carbocycles. The Balaban J connectivity index is 5.29. The third-order valence-corrected chi connectivity index (χ3v) is 2.77. The minimum absolute atomic E-state index is 0.117. The van der Waals surface area contributed by atoms with Gasteiger partial charge in [-0.25, -0.2) is 4.79 Å². The molecule has 5 heteroatoms.